The molecular weight excluding hydrogens is 410 g/mol. The van der Waals surface area contributed by atoms with E-state index < -0.39 is 11.6 Å². The zero-order valence-electron chi connectivity index (χ0n) is 15.5. The van der Waals surface area contributed by atoms with Gasteiger partial charge in [0.2, 0.25) is 5.91 Å². The van der Waals surface area contributed by atoms with Gasteiger partial charge < -0.3 is 10.2 Å². The molecule has 6 nitrogen and oxygen atoms in total. The van der Waals surface area contributed by atoms with Crippen LogP contribution in [0.2, 0.25) is 5.02 Å². The van der Waals surface area contributed by atoms with Gasteiger partial charge in [0.1, 0.15) is 12.1 Å². The molecule has 4 amide bonds. The fraction of sp³-hybridized carbons (Fsp3) is 0.286. The van der Waals surface area contributed by atoms with Crippen molar-refractivity contribution in [1.82, 2.24) is 10.2 Å². The predicted octanol–water partition coefficient (Wildman–Crippen LogP) is 3.17. The topological polar surface area (TPSA) is 69.7 Å². The van der Waals surface area contributed by atoms with E-state index in [1.807, 2.05) is 30.3 Å². The van der Waals surface area contributed by atoms with Gasteiger partial charge in [0.25, 0.3) is 5.91 Å². The molecule has 0 aromatic heterocycles. The second-order valence-corrected chi connectivity index (χ2v) is 8.96. The SMILES string of the molecule is O=C1N[C@@]2(CCc3ccccc32)C(=O)N1CC(=O)N1CCSc2ccc(Cl)cc21. The molecule has 0 bridgehead atoms. The van der Waals surface area contributed by atoms with Crippen molar-refractivity contribution < 1.29 is 14.4 Å². The van der Waals surface area contributed by atoms with E-state index in [-0.39, 0.29) is 18.4 Å². The Morgan fingerprint density at radius 3 is 2.90 bits per heavy atom. The number of aryl methyl sites for hydroxylation is 1. The largest absolute Gasteiger partial charge is 0.325 e. The van der Waals surface area contributed by atoms with E-state index in [0.29, 0.717) is 18.0 Å². The van der Waals surface area contributed by atoms with E-state index in [0.717, 1.165) is 38.8 Å². The molecule has 1 N–H and O–H groups in total. The van der Waals surface area contributed by atoms with Gasteiger partial charge >= 0.3 is 6.03 Å². The number of anilines is 1. The molecule has 148 valence electrons. The fourth-order valence-corrected chi connectivity index (χ4v) is 5.55. The van der Waals surface area contributed by atoms with Gasteiger partial charge in [-0.15, -0.1) is 11.8 Å². The number of hydrogen-bond acceptors (Lipinski definition) is 4. The lowest BCUT2D eigenvalue weighted by molar-refractivity contribution is -0.134. The van der Waals surface area contributed by atoms with Crippen LogP contribution in [0.5, 0.6) is 0 Å². The Kier molecular flexibility index (Phi) is 4.33. The second kappa shape index (κ2) is 6.78. The highest BCUT2D eigenvalue weighted by atomic mass is 35.5. The van der Waals surface area contributed by atoms with Crippen LogP contribution in [0, 0.1) is 0 Å². The minimum atomic E-state index is -1.05. The Balaban J connectivity index is 1.41. The Morgan fingerprint density at radius 2 is 2.03 bits per heavy atom. The summed E-state index contributed by atoms with van der Waals surface area (Å²) in [6.45, 7) is 0.222. The molecule has 8 heteroatoms. The summed E-state index contributed by atoms with van der Waals surface area (Å²) in [6, 6.07) is 12.6. The molecule has 0 unspecified atom stereocenters. The molecule has 0 radical (unpaired) electrons. The molecular formula is C21H18ClN3O3S. The Bertz CT molecular complexity index is 1060. The monoisotopic (exact) mass is 427 g/mol. The lowest BCUT2D eigenvalue weighted by atomic mass is 9.92. The first-order valence-corrected chi connectivity index (χ1v) is 10.8. The standard InChI is InChI=1S/C21H18ClN3O3S/c22-14-5-6-17-16(11-14)24(9-10-29-17)18(26)12-25-19(27)21(23-20(25)28)8-7-13-3-1-2-4-15(13)21/h1-6,11H,7-10,12H2,(H,23,28)/t21-/m1/s1. The summed E-state index contributed by atoms with van der Waals surface area (Å²) in [7, 11) is 0. The van der Waals surface area contributed by atoms with E-state index in [1.165, 1.54) is 0 Å². The second-order valence-electron chi connectivity index (χ2n) is 7.39. The number of benzene rings is 2. The van der Waals surface area contributed by atoms with Crippen molar-refractivity contribution in [2.75, 3.05) is 23.7 Å². The summed E-state index contributed by atoms with van der Waals surface area (Å²) in [5.41, 5.74) is 1.57. The third kappa shape index (κ3) is 2.83. The highest BCUT2D eigenvalue weighted by molar-refractivity contribution is 7.99. The minimum absolute atomic E-state index is 0.287. The van der Waals surface area contributed by atoms with E-state index in [2.05, 4.69) is 5.32 Å². The first-order valence-electron chi connectivity index (χ1n) is 9.45. The van der Waals surface area contributed by atoms with Crippen molar-refractivity contribution in [2.45, 2.75) is 23.3 Å². The molecule has 1 aliphatic carbocycles. The van der Waals surface area contributed by atoms with Gasteiger partial charge in [-0.1, -0.05) is 35.9 Å². The Morgan fingerprint density at radius 1 is 1.21 bits per heavy atom. The highest BCUT2D eigenvalue weighted by Gasteiger charge is 2.55. The molecule has 5 rings (SSSR count). The Hall–Kier alpha value is -2.51. The Labute approximate surface area is 177 Å². The molecule has 0 saturated carbocycles. The van der Waals surface area contributed by atoms with Gasteiger partial charge in [-0.3, -0.25) is 14.5 Å². The summed E-state index contributed by atoms with van der Waals surface area (Å²) in [6.07, 6.45) is 1.24. The van der Waals surface area contributed by atoms with Crippen molar-refractivity contribution in [3.8, 4) is 0 Å². The van der Waals surface area contributed by atoms with Gasteiger partial charge in [-0.2, -0.15) is 0 Å². The smallest absolute Gasteiger partial charge is 0.319 e. The zero-order valence-corrected chi connectivity index (χ0v) is 17.1. The molecule has 2 aromatic rings. The van der Waals surface area contributed by atoms with Crippen LogP contribution >= 0.6 is 23.4 Å². The van der Waals surface area contributed by atoms with Crippen molar-refractivity contribution in [3.63, 3.8) is 0 Å². The summed E-state index contributed by atoms with van der Waals surface area (Å²) in [5.74, 6) is 0.108. The number of carbonyl (C=O) groups is 3. The van der Waals surface area contributed by atoms with E-state index >= 15 is 0 Å². The maximum Gasteiger partial charge on any atom is 0.325 e. The van der Waals surface area contributed by atoms with Gasteiger partial charge in [0.15, 0.2) is 0 Å². The first kappa shape index (κ1) is 18.5. The average molecular weight is 428 g/mol. The van der Waals surface area contributed by atoms with Crippen LogP contribution in [0.25, 0.3) is 0 Å². The van der Waals surface area contributed by atoms with Crippen LogP contribution in [0.1, 0.15) is 17.5 Å². The van der Waals surface area contributed by atoms with Gasteiger partial charge in [-0.05, 0) is 42.2 Å². The summed E-state index contributed by atoms with van der Waals surface area (Å²) in [5, 5.41) is 3.41. The summed E-state index contributed by atoms with van der Waals surface area (Å²) >= 11 is 7.77. The number of imide groups is 1. The summed E-state index contributed by atoms with van der Waals surface area (Å²) < 4.78 is 0. The maximum atomic E-state index is 13.3. The third-order valence-corrected chi connectivity index (χ3v) is 7.08. The molecule has 1 saturated heterocycles. The number of rotatable bonds is 2. The minimum Gasteiger partial charge on any atom is -0.319 e. The van der Waals surface area contributed by atoms with E-state index in [1.54, 1.807) is 28.8 Å². The number of nitrogens with one attached hydrogen (secondary N) is 1. The number of hydrogen-bond donors (Lipinski definition) is 1. The van der Waals surface area contributed by atoms with E-state index in [4.69, 9.17) is 11.6 Å². The molecule has 3 aliphatic rings. The molecule has 1 fully saturated rings. The van der Waals surface area contributed by atoms with Crippen molar-refractivity contribution in [2.24, 2.45) is 0 Å². The zero-order chi connectivity index (χ0) is 20.2. The van der Waals surface area contributed by atoms with Crippen LogP contribution in [0.3, 0.4) is 0 Å². The van der Waals surface area contributed by atoms with Crippen LogP contribution in [-0.2, 0) is 21.5 Å². The van der Waals surface area contributed by atoms with Gasteiger partial charge in [0.05, 0.1) is 5.69 Å². The lowest BCUT2D eigenvalue weighted by Gasteiger charge is -2.30. The number of amides is 4. The molecule has 2 aliphatic heterocycles. The molecule has 1 spiro atoms. The number of urea groups is 1. The third-order valence-electron chi connectivity index (χ3n) is 5.80. The van der Waals surface area contributed by atoms with E-state index in [9.17, 15) is 14.4 Å². The van der Waals surface area contributed by atoms with Crippen LogP contribution in [0.4, 0.5) is 10.5 Å². The van der Waals surface area contributed by atoms with Crippen LogP contribution in [0.15, 0.2) is 47.4 Å². The molecule has 2 aromatic carbocycles. The number of nitrogens with zero attached hydrogens (tertiary/aromatic N) is 2. The quantitative estimate of drug-likeness (QED) is 0.747. The number of thioether (sulfide) groups is 1. The number of fused-ring (bicyclic) bond motifs is 3. The predicted molar refractivity (Wildman–Crippen MR) is 111 cm³/mol. The molecule has 29 heavy (non-hydrogen) atoms. The van der Waals surface area contributed by atoms with Crippen molar-refractivity contribution >= 4 is 46.9 Å². The van der Waals surface area contributed by atoms with Crippen molar-refractivity contribution in [3.05, 3.63) is 58.6 Å². The van der Waals surface area contributed by atoms with Crippen molar-refractivity contribution in [1.29, 1.82) is 0 Å². The normalized spacial score (nSPS) is 22.7. The highest BCUT2D eigenvalue weighted by Crippen LogP contribution is 2.41. The molecule has 1 atom stereocenters. The van der Waals surface area contributed by atoms with Crippen LogP contribution in [-0.4, -0.2) is 41.6 Å². The average Bonchev–Trinajstić information content (AvgIpc) is 3.21. The maximum absolute atomic E-state index is 13.3. The first-order chi connectivity index (χ1) is 14.0. The number of carbonyl (C=O) groups excluding carboxylic acids is 3. The van der Waals surface area contributed by atoms with Crippen LogP contribution < -0.4 is 10.2 Å². The molecule has 2 heterocycles. The van der Waals surface area contributed by atoms with Gasteiger partial charge in [-0.25, -0.2) is 4.79 Å². The number of halogens is 1. The fourth-order valence-electron chi connectivity index (χ4n) is 4.40. The summed E-state index contributed by atoms with van der Waals surface area (Å²) in [4.78, 5) is 42.6. The van der Waals surface area contributed by atoms with Gasteiger partial charge in [0, 0.05) is 22.2 Å². The lowest BCUT2D eigenvalue weighted by Crippen LogP contribution is -2.46.